The first-order valence-corrected chi connectivity index (χ1v) is 10.4. The third-order valence-electron chi connectivity index (χ3n) is 5.97. The second-order valence-corrected chi connectivity index (χ2v) is 9.27. The van der Waals surface area contributed by atoms with Crippen LogP contribution in [-0.4, -0.2) is 53.6 Å². The van der Waals surface area contributed by atoms with Crippen molar-refractivity contribution in [3.63, 3.8) is 0 Å². The summed E-state index contributed by atoms with van der Waals surface area (Å²) < 4.78 is 5.55. The number of benzene rings is 1. The van der Waals surface area contributed by atoms with Crippen molar-refractivity contribution >= 4 is 23.6 Å². The number of ether oxygens (including phenoxy) is 1. The summed E-state index contributed by atoms with van der Waals surface area (Å²) in [4.78, 5) is 40.2. The van der Waals surface area contributed by atoms with E-state index in [0.717, 1.165) is 24.1 Å². The van der Waals surface area contributed by atoms with Crippen LogP contribution in [0.4, 0.5) is 10.5 Å². The molecule has 3 amide bonds. The maximum absolute atomic E-state index is 12.5. The number of piperazine rings is 1. The molecular weight excluding hydrogens is 370 g/mol. The quantitative estimate of drug-likeness (QED) is 0.774. The molecule has 3 atom stereocenters. The third kappa shape index (κ3) is 4.09. The van der Waals surface area contributed by atoms with Crippen LogP contribution in [0.15, 0.2) is 24.3 Å². The lowest BCUT2D eigenvalue weighted by molar-refractivity contribution is -0.134. The Morgan fingerprint density at radius 3 is 2.21 bits per heavy atom. The Bertz CT molecular complexity index is 800. The molecule has 156 valence electrons. The molecular formula is C22H29N3O4. The van der Waals surface area contributed by atoms with Crippen molar-refractivity contribution in [2.45, 2.75) is 70.1 Å². The van der Waals surface area contributed by atoms with Gasteiger partial charge in [-0.1, -0.05) is 12.1 Å². The van der Waals surface area contributed by atoms with E-state index in [1.54, 1.807) is 0 Å². The molecule has 3 aliphatic heterocycles. The average Bonchev–Trinajstić information content (AvgIpc) is 2.90. The van der Waals surface area contributed by atoms with Gasteiger partial charge < -0.3 is 14.5 Å². The fourth-order valence-electron chi connectivity index (χ4n) is 4.69. The normalized spacial score (nSPS) is 27.1. The lowest BCUT2D eigenvalue weighted by Gasteiger charge is -2.42. The first-order chi connectivity index (χ1) is 13.7. The van der Waals surface area contributed by atoms with Crippen molar-refractivity contribution in [2.75, 3.05) is 18.0 Å². The number of carbonyl (C=O) groups is 3. The lowest BCUT2D eigenvalue weighted by Crippen LogP contribution is -2.56. The van der Waals surface area contributed by atoms with E-state index in [2.05, 4.69) is 22.3 Å². The van der Waals surface area contributed by atoms with E-state index in [1.807, 2.05) is 37.8 Å². The summed E-state index contributed by atoms with van der Waals surface area (Å²) in [5.74, 6) is -0.662. The molecule has 1 aromatic carbocycles. The molecule has 0 saturated carbocycles. The molecule has 1 N–H and O–H groups in total. The van der Waals surface area contributed by atoms with Gasteiger partial charge in [-0.25, -0.2) is 4.79 Å². The molecule has 3 unspecified atom stereocenters. The van der Waals surface area contributed by atoms with Crippen LogP contribution < -0.4 is 10.2 Å². The number of nitrogens with zero attached hydrogens (tertiary/aromatic N) is 2. The van der Waals surface area contributed by atoms with E-state index in [1.165, 1.54) is 0 Å². The van der Waals surface area contributed by atoms with E-state index < -0.39 is 5.60 Å². The summed E-state index contributed by atoms with van der Waals surface area (Å²) in [6, 6.07) is 8.68. The number of carbonyl (C=O) groups excluding carboxylic acids is 3. The Morgan fingerprint density at radius 1 is 1.03 bits per heavy atom. The molecule has 0 aliphatic carbocycles. The predicted octanol–water partition coefficient (Wildman–Crippen LogP) is 2.79. The maximum Gasteiger partial charge on any atom is 0.410 e. The van der Waals surface area contributed by atoms with Gasteiger partial charge in [0.2, 0.25) is 11.8 Å². The van der Waals surface area contributed by atoms with Crippen LogP contribution in [0.25, 0.3) is 0 Å². The van der Waals surface area contributed by atoms with Gasteiger partial charge in [-0.3, -0.25) is 14.9 Å². The monoisotopic (exact) mass is 399 g/mol. The zero-order chi connectivity index (χ0) is 20.8. The van der Waals surface area contributed by atoms with E-state index in [-0.39, 0.29) is 35.9 Å². The van der Waals surface area contributed by atoms with Gasteiger partial charge in [0.25, 0.3) is 0 Å². The van der Waals surface area contributed by atoms with Gasteiger partial charge in [-0.15, -0.1) is 0 Å². The molecule has 4 rings (SSSR count). The van der Waals surface area contributed by atoms with E-state index in [9.17, 15) is 14.4 Å². The smallest absolute Gasteiger partial charge is 0.410 e. The van der Waals surface area contributed by atoms with E-state index in [0.29, 0.717) is 25.9 Å². The van der Waals surface area contributed by atoms with Gasteiger partial charge in [0.15, 0.2) is 0 Å². The molecule has 7 nitrogen and oxygen atoms in total. The number of nitrogens with one attached hydrogen (secondary N) is 1. The highest BCUT2D eigenvalue weighted by atomic mass is 16.6. The number of amides is 3. The van der Waals surface area contributed by atoms with Crippen LogP contribution in [0, 0.1) is 0 Å². The van der Waals surface area contributed by atoms with Gasteiger partial charge >= 0.3 is 6.09 Å². The van der Waals surface area contributed by atoms with Crippen LogP contribution >= 0.6 is 0 Å². The molecule has 0 radical (unpaired) electrons. The van der Waals surface area contributed by atoms with Crippen LogP contribution in [0.3, 0.4) is 0 Å². The van der Waals surface area contributed by atoms with Crippen molar-refractivity contribution in [1.29, 1.82) is 0 Å². The summed E-state index contributed by atoms with van der Waals surface area (Å²) in [5, 5.41) is 2.42. The highest BCUT2D eigenvalue weighted by molar-refractivity contribution is 6.00. The maximum atomic E-state index is 12.5. The molecule has 2 bridgehead atoms. The third-order valence-corrected chi connectivity index (χ3v) is 5.97. The molecule has 0 aromatic heterocycles. The summed E-state index contributed by atoms with van der Waals surface area (Å²) in [6.07, 6.45) is 2.82. The highest BCUT2D eigenvalue weighted by Crippen LogP contribution is 2.36. The highest BCUT2D eigenvalue weighted by Gasteiger charge is 2.42. The van der Waals surface area contributed by atoms with Gasteiger partial charge in [0.1, 0.15) is 5.60 Å². The van der Waals surface area contributed by atoms with Crippen LogP contribution in [0.1, 0.15) is 57.9 Å². The van der Waals surface area contributed by atoms with Gasteiger partial charge in [0.05, 0.1) is 5.92 Å². The Hall–Kier alpha value is -2.57. The minimum absolute atomic E-state index is 0.192. The first kappa shape index (κ1) is 19.7. The van der Waals surface area contributed by atoms with Gasteiger partial charge in [-0.05, 0) is 57.7 Å². The Morgan fingerprint density at radius 2 is 1.66 bits per heavy atom. The van der Waals surface area contributed by atoms with Crippen molar-refractivity contribution < 1.29 is 19.1 Å². The second kappa shape index (κ2) is 7.35. The zero-order valence-corrected chi connectivity index (χ0v) is 17.3. The number of likely N-dealkylation sites (tertiary alicyclic amines) is 1. The van der Waals surface area contributed by atoms with Crippen molar-refractivity contribution in [1.82, 2.24) is 10.2 Å². The molecule has 7 heteroatoms. The van der Waals surface area contributed by atoms with Gasteiger partial charge in [-0.2, -0.15) is 0 Å². The minimum Gasteiger partial charge on any atom is -0.444 e. The van der Waals surface area contributed by atoms with Crippen molar-refractivity contribution in [2.24, 2.45) is 0 Å². The van der Waals surface area contributed by atoms with Gasteiger partial charge in [0, 0.05) is 37.3 Å². The topological polar surface area (TPSA) is 79.0 Å². The zero-order valence-electron chi connectivity index (χ0n) is 17.3. The fourth-order valence-corrected chi connectivity index (χ4v) is 4.69. The number of fused-ring (bicyclic) bond motifs is 2. The van der Waals surface area contributed by atoms with Crippen LogP contribution in [0.5, 0.6) is 0 Å². The minimum atomic E-state index is -0.487. The standard InChI is InChI=1S/C22H29N3O4/c1-22(2,3)29-21(28)24-12-16-8-9-17(13-24)25(16)15-6-4-14(5-7-15)18-10-11-19(26)23-20(18)27/h4-7,16-18H,8-13H2,1-3H3,(H,23,26,27). The van der Waals surface area contributed by atoms with E-state index in [4.69, 9.17) is 4.74 Å². The van der Waals surface area contributed by atoms with Crippen molar-refractivity contribution in [3.8, 4) is 0 Å². The average molecular weight is 399 g/mol. The number of anilines is 1. The molecule has 0 spiro atoms. The molecule has 1 aromatic rings. The Balaban J connectivity index is 1.44. The number of piperidine rings is 1. The molecule has 29 heavy (non-hydrogen) atoms. The van der Waals surface area contributed by atoms with Crippen LogP contribution in [-0.2, 0) is 14.3 Å². The van der Waals surface area contributed by atoms with Crippen molar-refractivity contribution in [3.05, 3.63) is 29.8 Å². The first-order valence-electron chi connectivity index (χ1n) is 10.4. The summed E-state index contributed by atoms with van der Waals surface area (Å²) in [7, 11) is 0. The molecule has 3 aliphatic rings. The summed E-state index contributed by atoms with van der Waals surface area (Å²) in [5.41, 5.74) is 1.58. The number of imide groups is 1. The molecule has 3 heterocycles. The summed E-state index contributed by atoms with van der Waals surface area (Å²) in [6.45, 7) is 7.00. The second-order valence-electron chi connectivity index (χ2n) is 9.27. The van der Waals surface area contributed by atoms with Crippen LogP contribution in [0.2, 0.25) is 0 Å². The molecule has 3 saturated heterocycles. The summed E-state index contributed by atoms with van der Waals surface area (Å²) >= 11 is 0. The molecule has 3 fully saturated rings. The largest absolute Gasteiger partial charge is 0.444 e. The predicted molar refractivity (Wildman–Crippen MR) is 109 cm³/mol. The Kier molecular flexibility index (Phi) is 5.00. The van der Waals surface area contributed by atoms with E-state index >= 15 is 0 Å². The number of rotatable bonds is 2. The number of hydrogen-bond donors (Lipinski definition) is 1. The lowest BCUT2D eigenvalue weighted by atomic mass is 9.90. The fraction of sp³-hybridized carbons (Fsp3) is 0.591. The SMILES string of the molecule is CC(C)(C)OC(=O)N1CC2CCC(C1)N2c1ccc(C2CCC(=O)NC2=O)cc1. The Labute approximate surface area is 171 Å². The number of hydrogen-bond acceptors (Lipinski definition) is 5.